The number of hydrogen-bond acceptors (Lipinski definition) is 4. The molecule has 0 radical (unpaired) electrons. The second-order valence-electron chi connectivity index (χ2n) is 4.65. The van der Waals surface area contributed by atoms with Crippen molar-refractivity contribution in [3.63, 3.8) is 0 Å². The summed E-state index contributed by atoms with van der Waals surface area (Å²) in [5.41, 5.74) is 8.54. The van der Waals surface area contributed by atoms with Gasteiger partial charge >= 0.3 is 5.97 Å². The minimum Gasteiger partial charge on any atom is -0.478 e. The summed E-state index contributed by atoms with van der Waals surface area (Å²) in [6.07, 6.45) is 0. The zero-order valence-electron chi connectivity index (χ0n) is 11.4. The first-order valence-electron chi connectivity index (χ1n) is 6.15. The molecule has 2 aromatic rings. The highest BCUT2D eigenvalue weighted by Crippen LogP contribution is 2.29. The molecular weight excluding hydrogens is 254 g/mol. The van der Waals surface area contributed by atoms with Crippen LogP contribution in [-0.4, -0.2) is 25.2 Å². The van der Waals surface area contributed by atoms with Crippen molar-refractivity contribution in [2.45, 2.75) is 0 Å². The number of carbonyl (C=O) groups is 1. The first-order chi connectivity index (χ1) is 9.49. The molecule has 104 valence electrons. The number of nitrogen functional groups attached to an aromatic ring is 1. The molecule has 0 amide bonds. The van der Waals surface area contributed by atoms with Gasteiger partial charge in [0.15, 0.2) is 0 Å². The second kappa shape index (κ2) is 5.52. The number of carboxylic acids is 1. The molecule has 20 heavy (non-hydrogen) atoms. The van der Waals surface area contributed by atoms with Crippen molar-refractivity contribution >= 4 is 28.7 Å². The Labute approximate surface area is 117 Å². The molecule has 0 heterocycles. The number of aromatic carboxylic acids is 1. The normalized spacial score (nSPS) is 10.1. The van der Waals surface area contributed by atoms with E-state index in [4.69, 9.17) is 5.73 Å². The fourth-order valence-corrected chi connectivity index (χ4v) is 1.96. The smallest absolute Gasteiger partial charge is 0.337 e. The van der Waals surface area contributed by atoms with Crippen LogP contribution in [0.3, 0.4) is 0 Å². The van der Waals surface area contributed by atoms with E-state index in [-0.39, 0.29) is 5.56 Å². The molecule has 0 atom stereocenters. The maximum atomic E-state index is 11.3. The maximum Gasteiger partial charge on any atom is 0.337 e. The van der Waals surface area contributed by atoms with Crippen LogP contribution < -0.4 is 16.0 Å². The molecule has 2 aromatic carbocycles. The molecule has 5 heteroatoms. The van der Waals surface area contributed by atoms with Crippen LogP contribution in [0.4, 0.5) is 22.7 Å². The minimum absolute atomic E-state index is 0.151. The fraction of sp³-hybridized carbons (Fsp3) is 0.133. The summed E-state index contributed by atoms with van der Waals surface area (Å²) in [5.74, 6) is -1.01. The Morgan fingerprint density at radius 1 is 1.15 bits per heavy atom. The molecule has 0 bridgehead atoms. The van der Waals surface area contributed by atoms with Crippen molar-refractivity contribution in [2.75, 3.05) is 30.0 Å². The number of hydrogen-bond donors (Lipinski definition) is 3. The first-order valence-corrected chi connectivity index (χ1v) is 6.15. The summed E-state index contributed by atoms with van der Waals surface area (Å²) in [5, 5.41) is 12.4. The van der Waals surface area contributed by atoms with Crippen LogP contribution in [0.5, 0.6) is 0 Å². The predicted molar refractivity (Wildman–Crippen MR) is 81.9 cm³/mol. The van der Waals surface area contributed by atoms with Crippen molar-refractivity contribution in [2.24, 2.45) is 0 Å². The standard InChI is InChI=1S/C15H17N3O2/c1-18(2)14-6-4-3-5-13(14)17-12-8-7-10(16)9-11(12)15(19)20/h3-9,17H,16H2,1-2H3,(H,19,20). The van der Waals surface area contributed by atoms with E-state index < -0.39 is 5.97 Å². The third-order valence-electron chi connectivity index (χ3n) is 2.93. The number of nitrogens with zero attached hydrogens (tertiary/aromatic N) is 1. The number of carboxylic acid groups (broad SMARTS) is 1. The Kier molecular flexibility index (Phi) is 3.79. The van der Waals surface area contributed by atoms with Gasteiger partial charge in [-0.1, -0.05) is 12.1 Å². The van der Waals surface area contributed by atoms with Crippen LogP contribution in [0.1, 0.15) is 10.4 Å². The molecule has 0 spiro atoms. The number of nitrogens with two attached hydrogens (primary N) is 1. The summed E-state index contributed by atoms with van der Waals surface area (Å²) in [4.78, 5) is 13.2. The Morgan fingerprint density at radius 2 is 1.85 bits per heavy atom. The number of rotatable bonds is 4. The summed E-state index contributed by atoms with van der Waals surface area (Å²) in [6.45, 7) is 0. The van der Waals surface area contributed by atoms with Crippen molar-refractivity contribution in [3.05, 3.63) is 48.0 Å². The Balaban J connectivity index is 2.43. The van der Waals surface area contributed by atoms with Gasteiger partial charge in [0.2, 0.25) is 0 Å². The minimum atomic E-state index is -1.01. The van der Waals surface area contributed by atoms with E-state index in [1.807, 2.05) is 43.3 Å². The van der Waals surface area contributed by atoms with E-state index >= 15 is 0 Å². The fourth-order valence-electron chi connectivity index (χ4n) is 1.96. The van der Waals surface area contributed by atoms with E-state index in [0.29, 0.717) is 11.4 Å². The second-order valence-corrected chi connectivity index (χ2v) is 4.65. The molecule has 4 N–H and O–H groups in total. The summed E-state index contributed by atoms with van der Waals surface area (Å²) in [7, 11) is 3.86. The van der Waals surface area contributed by atoms with Gasteiger partial charge in [0, 0.05) is 19.8 Å². The van der Waals surface area contributed by atoms with Crippen LogP contribution in [0.25, 0.3) is 0 Å². The number of benzene rings is 2. The Hall–Kier alpha value is -2.69. The maximum absolute atomic E-state index is 11.3. The lowest BCUT2D eigenvalue weighted by Crippen LogP contribution is -2.11. The highest BCUT2D eigenvalue weighted by atomic mass is 16.4. The first kappa shape index (κ1) is 13.7. The van der Waals surface area contributed by atoms with Crippen LogP contribution in [0.15, 0.2) is 42.5 Å². The Morgan fingerprint density at radius 3 is 2.50 bits per heavy atom. The van der Waals surface area contributed by atoms with Gasteiger partial charge in [0.1, 0.15) is 0 Å². The highest BCUT2D eigenvalue weighted by molar-refractivity contribution is 5.97. The largest absolute Gasteiger partial charge is 0.478 e. The molecule has 0 aromatic heterocycles. The number of nitrogens with one attached hydrogen (secondary N) is 1. The van der Waals surface area contributed by atoms with Crippen molar-refractivity contribution in [3.8, 4) is 0 Å². The molecule has 5 nitrogen and oxygen atoms in total. The SMILES string of the molecule is CN(C)c1ccccc1Nc1ccc(N)cc1C(=O)O. The van der Waals surface area contributed by atoms with Crippen LogP contribution in [-0.2, 0) is 0 Å². The average molecular weight is 271 g/mol. The van der Waals surface area contributed by atoms with Crippen LogP contribution >= 0.6 is 0 Å². The molecule has 0 fully saturated rings. The number of para-hydroxylation sites is 2. The summed E-state index contributed by atoms with van der Waals surface area (Å²) >= 11 is 0. The molecule has 2 rings (SSSR count). The van der Waals surface area contributed by atoms with Gasteiger partial charge in [-0.15, -0.1) is 0 Å². The monoisotopic (exact) mass is 271 g/mol. The van der Waals surface area contributed by atoms with Gasteiger partial charge in [-0.3, -0.25) is 0 Å². The average Bonchev–Trinajstić information content (AvgIpc) is 2.41. The van der Waals surface area contributed by atoms with E-state index in [1.165, 1.54) is 6.07 Å². The zero-order chi connectivity index (χ0) is 14.7. The van der Waals surface area contributed by atoms with E-state index in [9.17, 15) is 9.90 Å². The third-order valence-corrected chi connectivity index (χ3v) is 2.93. The molecule has 0 aliphatic rings. The highest BCUT2D eigenvalue weighted by Gasteiger charge is 2.12. The van der Waals surface area contributed by atoms with Crippen LogP contribution in [0, 0.1) is 0 Å². The van der Waals surface area contributed by atoms with Crippen LogP contribution in [0.2, 0.25) is 0 Å². The van der Waals surface area contributed by atoms with Gasteiger partial charge < -0.3 is 21.1 Å². The topological polar surface area (TPSA) is 78.6 Å². The van der Waals surface area contributed by atoms with Crippen molar-refractivity contribution in [1.82, 2.24) is 0 Å². The lowest BCUT2D eigenvalue weighted by molar-refractivity contribution is 0.0698. The summed E-state index contributed by atoms with van der Waals surface area (Å²) in [6, 6.07) is 12.5. The lowest BCUT2D eigenvalue weighted by Gasteiger charge is -2.19. The van der Waals surface area contributed by atoms with E-state index in [0.717, 1.165) is 11.4 Å². The van der Waals surface area contributed by atoms with Crippen molar-refractivity contribution in [1.29, 1.82) is 0 Å². The van der Waals surface area contributed by atoms with E-state index in [1.54, 1.807) is 12.1 Å². The van der Waals surface area contributed by atoms with Gasteiger partial charge in [-0.05, 0) is 30.3 Å². The molecule has 0 saturated heterocycles. The zero-order valence-corrected chi connectivity index (χ0v) is 11.4. The van der Waals surface area contributed by atoms with Gasteiger partial charge in [-0.2, -0.15) is 0 Å². The van der Waals surface area contributed by atoms with Gasteiger partial charge in [0.05, 0.1) is 22.6 Å². The lowest BCUT2D eigenvalue weighted by atomic mass is 10.1. The quantitative estimate of drug-likeness (QED) is 0.745. The third kappa shape index (κ3) is 2.83. The molecular formula is C15H17N3O2. The molecule has 0 aliphatic heterocycles. The Bertz CT molecular complexity index is 639. The van der Waals surface area contributed by atoms with Gasteiger partial charge in [0.25, 0.3) is 0 Å². The molecule has 0 unspecified atom stereocenters. The molecule has 0 aliphatic carbocycles. The summed E-state index contributed by atoms with van der Waals surface area (Å²) < 4.78 is 0. The van der Waals surface area contributed by atoms with Gasteiger partial charge in [-0.25, -0.2) is 4.79 Å². The van der Waals surface area contributed by atoms with E-state index in [2.05, 4.69) is 5.32 Å². The van der Waals surface area contributed by atoms with Crippen molar-refractivity contribution < 1.29 is 9.90 Å². The molecule has 0 saturated carbocycles. The predicted octanol–water partition coefficient (Wildman–Crippen LogP) is 2.78. The number of anilines is 4.